The van der Waals surface area contributed by atoms with Gasteiger partial charge in [0.15, 0.2) is 0 Å². The standard InChI is InChI=1S/C25H32O5S/c1-4-31-25-24(28-16-21-13-9-6-10-14-21)18(2)23(29-19(3)26)22(30-25)17-27-15-20-11-7-5-8-12-20/h5-14,18,22-25H,4,15-17H2,1-3H3/t18-,22?,23+,24?,25-/m0/s1. The monoisotopic (exact) mass is 444 g/mol. The molecule has 0 aliphatic carbocycles. The van der Waals surface area contributed by atoms with E-state index in [9.17, 15) is 4.79 Å². The highest BCUT2D eigenvalue weighted by atomic mass is 32.2. The van der Waals surface area contributed by atoms with E-state index >= 15 is 0 Å². The minimum absolute atomic E-state index is 0.0317. The van der Waals surface area contributed by atoms with Gasteiger partial charge in [-0.05, 0) is 16.9 Å². The zero-order valence-electron chi connectivity index (χ0n) is 18.4. The Morgan fingerprint density at radius 1 is 0.968 bits per heavy atom. The van der Waals surface area contributed by atoms with Crippen molar-refractivity contribution in [2.24, 2.45) is 5.92 Å². The maximum absolute atomic E-state index is 11.8. The number of esters is 1. The van der Waals surface area contributed by atoms with Gasteiger partial charge in [0.1, 0.15) is 17.6 Å². The highest BCUT2D eigenvalue weighted by Crippen LogP contribution is 2.36. The Balaban J connectivity index is 1.68. The molecule has 1 aliphatic heterocycles. The summed E-state index contributed by atoms with van der Waals surface area (Å²) in [7, 11) is 0. The lowest BCUT2D eigenvalue weighted by Gasteiger charge is -2.44. The van der Waals surface area contributed by atoms with Crippen LogP contribution in [0.25, 0.3) is 0 Å². The number of hydrogen-bond acceptors (Lipinski definition) is 6. The molecule has 0 spiro atoms. The van der Waals surface area contributed by atoms with Crippen molar-refractivity contribution in [1.82, 2.24) is 0 Å². The summed E-state index contributed by atoms with van der Waals surface area (Å²) in [5.41, 5.74) is 2.05. The molecule has 3 rings (SSSR count). The average molecular weight is 445 g/mol. The molecule has 5 atom stereocenters. The van der Waals surface area contributed by atoms with Crippen LogP contribution in [-0.2, 0) is 37.0 Å². The van der Waals surface area contributed by atoms with Gasteiger partial charge < -0.3 is 18.9 Å². The van der Waals surface area contributed by atoms with Gasteiger partial charge in [-0.25, -0.2) is 0 Å². The van der Waals surface area contributed by atoms with Gasteiger partial charge >= 0.3 is 5.97 Å². The molecule has 31 heavy (non-hydrogen) atoms. The SMILES string of the molecule is CCS[C@@H]1OC(COCc2ccccc2)[C@H](OC(C)=O)[C@H](C)C1OCc1ccccc1. The number of benzene rings is 2. The van der Waals surface area contributed by atoms with Gasteiger partial charge in [-0.3, -0.25) is 4.79 Å². The van der Waals surface area contributed by atoms with Crippen LogP contribution in [0.3, 0.4) is 0 Å². The zero-order valence-corrected chi connectivity index (χ0v) is 19.3. The number of hydrogen-bond donors (Lipinski definition) is 0. The van der Waals surface area contributed by atoms with Gasteiger partial charge in [0.25, 0.3) is 0 Å². The second kappa shape index (κ2) is 12.2. The lowest BCUT2D eigenvalue weighted by Crippen LogP contribution is -2.55. The van der Waals surface area contributed by atoms with Crippen LogP contribution in [0.15, 0.2) is 60.7 Å². The molecule has 0 N–H and O–H groups in total. The van der Waals surface area contributed by atoms with E-state index in [0.29, 0.717) is 19.8 Å². The van der Waals surface area contributed by atoms with Crippen LogP contribution in [0.2, 0.25) is 0 Å². The van der Waals surface area contributed by atoms with Crippen molar-refractivity contribution in [3.63, 3.8) is 0 Å². The van der Waals surface area contributed by atoms with Crippen molar-refractivity contribution in [3.8, 4) is 0 Å². The predicted molar refractivity (Wildman–Crippen MR) is 123 cm³/mol. The van der Waals surface area contributed by atoms with E-state index < -0.39 is 6.10 Å². The molecule has 0 bridgehead atoms. The van der Waals surface area contributed by atoms with E-state index in [-0.39, 0.29) is 29.5 Å². The fraction of sp³-hybridized carbons (Fsp3) is 0.480. The molecule has 168 valence electrons. The molecule has 2 aromatic carbocycles. The van der Waals surface area contributed by atoms with Gasteiger partial charge in [-0.1, -0.05) is 74.5 Å². The van der Waals surface area contributed by atoms with Crippen LogP contribution in [-0.4, -0.2) is 42.1 Å². The molecule has 1 saturated heterocycles. The van der Waals surface area contributed by atoms with Gasteiger partial charge in [-0.2, -0.15) is 0 Å². The second-order valence-corrected chi connectivity index (χ2v) is 9.07. The number of carbonyl (C=O) groups is 1. The van der Waals surface area contributed by atoms with E-state index in [2.05, 4.69) is 13.8 Å². The van der Waals surface area contributed by atoms with Crippen LogP contribution < -0.4 is 0 Å². The van der Waals surface area contributed by atoms with Crippen LogP contribution in [0, 0.1) is 5.92 Å². The van der Waals surface area contributed by atoms with Crippen molar-refractivity contribution in [3.05, 3.63) is 71.8 Å². The largest absolute Gasteiger partial charge is 0.459 e. The van der Waals surface area contributed by atoms with Crippen LogP contribution in [0.1, 0.15) is 31.9 Å². The first kappa shape index (κ1) is 23.8. The van der Waals surface area contributed by atoms with E-state index in [1.54, 1.807) is 11.8 Å². The summed E-state index contributed by atoms with van der Waals surface area (Å²) >= 11 is 1.71. The Bertz CT molecular complexity index is 783. The lowest BCUT2D eigenvalue weighted by atomic mass is 9.91. The Kier molecular flexibility index (Phi) is 9.40. The zero-order chi connectivity index (χ0) is 22.1. The first-order valence-electron chi connectivity index (χ1n) is 10.8. The molecule has 0 amide bonds. The highest BCUT2D eigenvalue weighted by Gasteiger charge is 2.46. The summed E-state index contributed by atoms with van der Waals surface area (Å²) in [5, 5.41) is 0. The van der Waals surface area contributed by atoms with Gasteiger partial charge in [0.05, 0.1) is 25.9 Å². The third-order valence-electron chi connectivity index (χ3n) is 5.29. The minimum atomic E-state index is -0.428. The first-order chi connectivity index (χ1) is 15.1. The van der Waals surface area contributed by atoms with Crippen molar-refractivity contribution in [2.75, 3.05) is 12.4 Å². The smallest absolute Gasteiger partial charge is 0.303 e. The van der Waals surface area contributed by atoms with E-state index in [4.69, 9.17) is 18.9 Å². The fourth-order valence-electron chi connectivity index (χ4n) is 3.77. The Morgan fingerprint density at radius 2 is 1.58 bits per heavy atom. The molecular weight excluding hydrogens is 412 g/mol. The molecule has 1 fully saturated rings. The molecule has 0 aromatic heterocycles. The summed E-state index contributed by atoms with van der Waals surface area (Å²) in [5.74, 6) is 0.547. The Morgan fingerprint density at radius 3 is 2.16 bits per heavy atom. The maximum atomic E-state index is 11.8. The van der Waals surface area contributed by atoms with Crippen LogP contribution >= 0.6 is 11.8 Å². The topological polar surface area (TPSA) is 54.0 Å². The average Bonchev–Trinajstić information content (AvgIpc) is 2.77. The molecule has 5 nitrogen and oxygen atoms in total. The van der Waals surface area contributed by atoms with E-state index in [1.807, 2.05) is 60.7 Å². The normalized spacial score (nSPS) is 25.8. The van der Waals surface area contributed by atoms with Crippen LogP contribution in [0.4, 0.5) is 0 Å². The number of rotatable bonds is 10. The molecule has 1 aliphatic rings. The van der Waals surface area contributed by atoms with Crippen molar-refractivity contribution in [1.29, 1.82) is 0 Å². The third kappa shape index (κ3) is 7.07. The van der Waals surface area contributed by atoms with Gasteiger partial charge in [0.2, 0.25) is 0 Å². The molecular formula is C25H32O5S. The molecule has 0 saturated carbocycles. The van der Waals surface area contributed by atoms with Crippen molar-refractivity contribution in [2.45, 2.75) is 57.7 Å². The Labute approximate surface area is 189 Å². The molecule has 0 radical (unpaired) electrons. The van der Waals surface area contributed by atoms with E-state index in [1.165, 1.54) is 6.92 Å². The van der Waals surface area contributed by atoms with Crippen molar-refractivity contribution >= 4 is 17.7 Å². The van der Waals surface area contributed by atoms with Crippen LogP contribution in [0.5, 0.6) is 0 Å². The number of ether oxygens (including phenoxy) is 4. The summed E-state index contributed by atoms with van der Waals surface area (Å²) in [6.07, 6.45) is -0.967. The fourth-order valence-corrected chi connectivity index (χ4v) is 4.84. The predicted octanol–water partition coefficient (Wildman–Crippen LogP) is 4.83. The lowest BCUT2D eigenvalue weighted by molar-refractivity contribution is -0.214. The molecule has 1 heterocycles. The third-order valence-corrected chi connectivity index (χ3v) is 6.33. The summed E-state index contributed by atoms with van der Waals surface area (Å²) in [6, 6.07) is 20.1. The number of carbonyl (C=O) groups excluding carboxylic acids is 1. The van der Waals surface area contributed by atoms with E-state index in [0.717, 1.165) is 16.9 Å². The second-order valence-electron chi connectivity index (χ2n) is 7.69. The molecule has 2 aromatic rings. The van der Waals surface area contributed by atoms with Crippen molar-refractivity contribution < 1.29 is 23.7 Å². The number of thioether (sulfide) groups is 1. The van der Waals surface area contributed by atoms with Gasteiger partial charge in [-0.15, -0.1) is 11.8 Å². The highest BCUT2D eigenvalue weighted by molar-refractivity contribution is 7.99. The maximum Gasteiger partial charge on any atom is 0.303 e. The minimum Gasteiger partial charge on any atom is -0.459 e. The summed E-state index contributed by atoms with van der Waals surface area (Å²) in [6.45, 7) is 6.93. The summed E-state index contributed by atoms with van der Waals surface area (Å²) < 4.78 is 24.3. The summed E-state index contributed by atoms with van der Waals surface area (Å²) in [4.78, 5) is 11.8. The first-order valence-corrected chi connectivity index (χ1v) is 11.8. The molecule has 2 unspecified atom stereocenters. The van der Waals surface area contributed by atoms with Gasteiger partial charge in [0, 0.05) is 12.8 Å². The molecule has 6 heteroatoms. The quantitative estimate of drug-likeness (QED) is 0.489. The Hall–Kier alpha value is -1.86.